The highest BCUT2D eigenvalue weighted by Gasteiger charge is 2.28. The summed E-state index contributed by atoms with van der Waals surface area (Å²) in [4.78, 5) is 38.9. The van der Waals surface area contributed by atoms with Crippen molar-refractivity contribution in [1.82, 2.24) is 30.0 Å². The molecule has 11 nitrogen and oxygen atoms in total. The van der Waals surface area contributed by atoms with Crippen LogP contribution < -0.4 is 15.0 Å². The Bertz CT molecular complexity index is 1510. The average Bonchev–Trinajstić information content (AvgIpc) is 3.46. The summed E-state index contributed by atoms with van der Waals surface area (Å²) in [7, 11) is 0. The summed E-state index contributed by atoms with van der Waals surface area (Å²) in [5.74, 6) is 1.91. The van der Waals surface area contributed by atoms with E-state index < -0.39 is 6.09 Å². The molecule has 2 amide bonds. The Morgan fingerprint density at radius 3 is 2.41 bits per heavy atom. The van der Waals surface area contributed by atoms with E-state index in [1.54, 1.807) is 12.1 Å². The van der Waals surface area contributed by atoms with Crippen molar-refractivity contribution >= 4 is 28.9 Å². The van der Waals surface area contributed by atoms with Gasteiger partial charge in [0.25, 0.3) is 5.91 Å². The fourth-order valence-electron chi connectivity index (χ4n) is 5.36. The molecule has 0 radical (unpaired) electrons. The number of carbonyl (C=O) groups excluding carboxylic acids is 2. The van der Waals surface area contributed by atoms with E-state index in [-0.39, 0.29) is 11.9 Å². The van der Waals surface area contributed by atoms with E-state index in [0.717, 1.165) is 48.3 Å². The van der Waals surface area contributed by atoms with E-state index in [4.69, 9.17) is 24.5 Å². The first-order chi connectivity index (χ1) is 20.1. The Kier molecular flexibility index (Phi) is 7.77. The quantitative estimate of drug-likeness (QED) is 0.381. The number of hydrogen-bond acceptors (Lipinski definition) is 8. The Morgan fingerprint density at radius 1 is 0.976 bits per heavy atom. The van der Waals surface area contributed by atoms with Crippen LogP contribution in [0, 0.1) is 0 Å². The molecule has 2 fully saturated rings. The van der Waals surface area contributed by atoms with Crippen molar-refractivity contribution < 1.29 is 19.1 Å². The van der Waals surface area contributed by atoms with Crippen molar-refractivity contribution in [2.24, 2.45) is 0 Å². The lowest BCUT2D eigenvalue weighted by Gasteiger charge is -2.32. The molecule has 6 rings (SSSR count). The molecular formula is C30H33N7O4. The van der Waals surface area contributed by atoms with Crippen LogP contribution in [0.5, 0.6) is 5.75 Å². The third kappa shape index (κ3) is 5.71. The topological polar surface area (TPSA) is 115 Å². The number of rotatable bonds is 6. The maximum atomic E-state index is 13.0. The van der Waals surface area contributed by atoms with E-state index in [9.17, 15) is 9.59 Å². The number of piperidine rings is 1. The highest BCUT2D eigenvalue weighted by Crippen LogP contribution is 2.32. The van der Waals surface area contributed by atoms with Gasteiger partial charge in [-0.3, -0.25) is 4.79 Å². The molecule has 0 aliphatic carbocycles. The monoisotopic (exact) mass is 555 g/mol. The minimum atomic E-state index is -0.493. The summed E-state index contributed by atoms with van der Waals surface area (Å²) in [5, 5.41) is 8.31. The predicted molar refractivity (Wildman–Crippen MR) is 154 cm³/mol. The molecule has 0 atom stereocenters. The minimum absolute atomic E-state index is 0.0631. The summed E-state index contributed by atoms with van der Waals surface area (Å²) < 4.78 is 12.9. The first-order valence-corrected chi connectivity index (χ1v) is 14.1. The number of carbonyl (C=O) groups is 2. The lowest BCUT2D eigenvalue weighted by molar-refractivity contribution is 0.0691. The zero-order valence-electron chi connectivity index (χ0n) is 23.0. The molecule has 2 saturated heterocycles. The van der Waals surface area contributed by atoms with Crippen LogP contribution in [0.3, 0.4) is 0 Å². The predicted octanol–water partition coefficient (Wildman–Crippen LogP) is 3.92. The lowest BCUT2D eigenvalue weighted by Crippen LogP contribution is -2.39. The highest BCUT2D eigenvalue weighted by molar-refractivity contribution is 5.94. The van der Waals surface area contributed by atoms with Gasteiger partial charge >= 0.3 is 6.09 Å². The standard InChI is InChI=1S/C30H33N7O4/c1-2-31-30(39)41-24-10-8-21(9-11-24)26-33-27(35-16-18-40-19-17-35)25-20-32-37(28(25)34-26)23-12-14-36(15-13-23)29(38)22-6-4-3-5-7-22/h3-11,20,23H,2,12-19H2,1H3,(H,31,39). The molecule has 212 valence electrons. The maximum Gasteiger partial charge on any atom is 0.412 e. The number of fused-ring (bicyclic) bond motifs is 1. The molecule has 4 aromatic rings. The second-order valence-electron chi connectivity index (χ2n) is 10.1. The Hall–Kier alpha value is -4.51. The van der Waals surface area contributed by atoms with Crippen molar-refractivity contribution in [3.8, 4) is 17.1 Å². The van der Waals surface area contributed by atoms with Crippen LogP contribution in [0.15, 0.2) is 60.8 Å². The van der Waals surface area contributed by atoms with Crippen LogP contribution in [0.25, 0.3) is 22.4 Å². The van der Waals surface area contributed by atoms with Gasteiger partial charge in [0.2, 0.25) is 0 Å². The van der Waals surface area contributed by atoms with Crippen molar-refractivity contribution in [3.63, 3.8) is 0 Å². The number of likely N-dealkylation sites (tertiary alicyclic amines) is 1. The van der Waals surface area contributed by atoms with E-state index in [1.165, 1.54) is 0 Å². The molecule has 0 spiro atoms. The second-order valence-corrected chi connectivity index (χ2v) is 10.1. The summed E-state index contributed by atoms with van der Waals surface area (Å²) in [6.45, 7) is 6.37. The first-order valence-electron chi connectivity index (χ1n) is 14.1. The number of anilines is 1. The number of morpholine rings is 1. The number of nitrogens with zero attached hydrogens (tertiary/aromatic N) is 6. The fourth-order valence-corrected chi connectivity index (χ4v) is 5.36. The second kappa shape index (κ2) is 11.9. The van der Waals surface area contributed by atoms with Gasteiger partial charge in [0, 0.05) is 43.9 Å². The number of benzene rings is 2. The molecule has 1 N–H and O–H groups in total. The van der Waals surface area contributed by atoms with Gasteiger partial charge in [-0.05, 0) is 56.2 Å². The van der Waals surface area contributed by atoms with Crippen LogP contribution in [0.1, 0.15) is 36.2 Å². The van der Waals surface area contributed by atoms with Gasteiger partial charge in [0.1, 0.15) is 11.6 Å². The Balaban J connectivity index is 1.28. The fraction of sp³-hybridized carbons (Fsp3) is 0.367. The number of amides is 2. The molecule has 0 saturated carbocycles. The minimum Gasteiger partial charge on any atom is -0.410 e. The molecule has 4 heterocycles. The highest BCUT2D eigenvalue weighted by atomic mass is 16.6. The third-order valence-corrected chi connectivity index (χ3v) is 7.51. The summed E-state index contributed by atoms with van der Waals surface area (Å²) in [6.07, 6.45) is 2.93. The molecule has 0 bridgehead atoms. The first kappa shape index (κ1) is 26.7. The molecule has 2 aliphatic rings. The molecule has 2 aliphatic heterocycles. The SMILES string of the molecule is CCNC(=O)Oc1ccc(-c2nc(N3CCOCC3)c3cnn(C4CCN(C(=O)c5ccccc5)CC4)c3n2)cc1. The number of nitrogens with one attached hydrogen (secondary N) is 1. The van der Waals surface area contributed by atoms with E-state index in [0.29, 0.717) is 50.0 Å². The van der Waals surface area contributed by atoms with Gasteiger partial charge in [0.05, 0.1) is 30.8 Å². The normalized spacial score (nSPS) is 16.1. The van der Waals surface area contributed by atoms with Crippen molar-refractivity contribution in [3.05, 3.63) is 66.4 Å². The van der Waals surface area contributed by atoms with Crippen LogP contribution in [-0.2, 0) is 4.74 Å². The van der Waals surface area contributed by atoms with E-state index in [1.807, 2.05) is 65.2 Å². The Morgan fingerprint density at radius 2 is 1.71 bits per heavy atom. The van der Waals surface area contributed by atoms with Crippen LogP contribution in [-0.4, -0.2) is 82.6 Å². The number of hydrogen-bond donors (Lipinski definition) is 1. The summed E-state index contributed by atoms with van der Waals surface area (Å²) in [5.41, 5.74) is 2.29. The van der Waals surface area contributed by atoms with Gasteiger partial charge in [-0.2, -0.15) is 5.10 Å². The molecule has 41 heavy (non-hydrogen) atoms. The largest absolute Gasteiger partial charge is 0.412 e. The maximum absolute atomic E-state index is 13.0. The smallest absolute Gasteiger partial charge is 0.410 e. The van der Waals surface area contributed by atoms with Crippen LogP contribution in [0.4, 0.5) is 10.6 Å². The van der Waals surface area contributed by atoms with Gasteiger partial charge in [0.15, 0.2) is 11.5 Å². The molecular weight excluding hydrogens is 522 g/mol. The lowest BCUT2D eigenvalue weighted by atomic mass is 10.0. The third-order valence-electron chi connectivity index (χ3n) is 7.51. The van der Waals surface area contributed by atoms with E-state index >= 15 is 0 Å². The molecule has 2 aromatic carbocycles. The van der Waals surface area contributed by atoms with Crippen LogP contribution in [0.2, 0.25) is 0 Å². The van der Waals surface area contributed by atoms with E-state index in [2.05, 4.69) is 10.2 Å². The zero-order valence-corrected chi connectivity index (χ0v) is 23.0. The molecule has 11 heteroatoms. The zero-order chi connectivity index (χ0) is 28.2. The summed E-state index contributed by atoms with van der Waals surface area (Å²) in [6, 6.07) is 16.7. The van der Waals surface area contributed by atoms with Gasteiger partial charge in [-0.25, -0.2) is 19.4 Å². The van der Waals surface area contributed by atoms with Gasteiger partial charge in [-0.15, -0.1) is 0 Å². The molecule has 0 unspecified atom stereocenters. The van der Waals surface area contributed by atoms with Gasteiger partial charge < -0.3 is 24.6 Å². The van der Waals surface area contributed by atoms with Crippen molar-refractivity contribution in [2.75, 3.05) is 50.8 Å². The number of aromatic nitrogens is 4. The van der Waals surface area contributed by atoms with Gasteiger partial charge in [-0.1, -0.05) is 18.2 Å². The molecule has 2 aromatic heterocycles. The number of ether oxygens (including phenoxy) is 2. The van der Waals surface area contributed by atoms with Crippen LogP contribution >= 0.6 is 0 Å². The van der Waals surface area contributed by atoms with Crippen molar-refractivity contribution in [1.29, 1.82) is 0 Å². The summed E-state index contributed by atoms with van der Waals surface area (Å²) >= 11 is 0. The van der Waals surface area contributed by atoms with Crippen molar-refractivity contribution in [2.45, 2.75) is 25.8 Å². The average molecular weight is 556 g/mol. The Labute approximate surface area is 238 Å².